The molecule has 2 fully saturated rings. The second kappa shape index (κ2) is 9.61. The number of carbonyl (C=O) groups excluding carboxylic acids is 2. The fourth-order valence-electron chi connectivity index (χ4n) is 4.99. The number of carbonyl (C=O) groups is 2. The molecule has 0 amide bonds. The van der Waals surface area contributed by atoms with Crippen LogP contribution in [0.25, 0.3) is 11.0 Å². The SMILES string of the molecule is O=C(c1ccccc1Cl)c1c[nH]c2ncnc(NC3CCC(CC(=O)[C@H]4CCCO4)CC3)c12. The minimum atomic E-state index is -0.183. The quantitative estimate of drug-likeness (QED) is 0.478. The van der Waals surface area contributed by atoms with Gasteiger partial charge in [0.25, 0.3) is 0 Å². The highest BCUT2D eigenvalue weighted by Gasteiger charge is 2.29. The molecule has 33 heavy (non-hydrogen) atoms. The highest BCUT2D eigenvalue weighted by atomic mass is 35.5. The molecule has 7 nitrogen and oxygen atoms in total. The highest BCUT2D eigenvalue weighted by Crippen LogP contribution is 2.33. The minimum absolute atomic E-state index is 0.166. The maximum atomic E-state index is 13.2. The molecule has 1 aliphatic heterocycles. The summed E-state index contributed by atoms with van der Waals surface area (Å²) in [7, 11) is 0. The number of hydrogen-bond acceptors (Lipinski definition) is 6. The zero-order valence-electron chi connectivity index (χ0n) is 18.4. The van der Waals surface area contributed by atoms with E-state index in [0.717, 1.165) is 38.5 Å². The molecule has 1 saturated heterocycles. The first kappa shape index (κ1) is 22.0. The van der Waals surface area contributed by atoms with Crippen LogP contribution < -0.4 is 5.32 Å². The second-order valence-electron chi connectivity index (χ2n) is 8.99. The number of fused-ring (bicyclic) bond motifs is 1. The van der Waals surface area contributed by atoms with Gasteiger partial charge in [0, 0.05) is 30.8 Å². The molecule has 5 rings (SSSR count). The Bertz CT molecular complexity index is 1160. The van der Waals surface area contributed by atoms with Gasteiger partial charge >= 0.3 is 0 Å². The molecule has 0 bridgehead atoms. The van der Waals surface area contributed by atoms with Crippen LogP contribution in [0.15, 0.2) is 36.8 Å². The number of nitrogens with zero attached hydrogens (tertiary/aromatic N) is 2. The third-order valence-electron chi connectivity index (χ3n) is 6.80. The molecule has 0 spiro atoms. The van der Waals surface area contributed by atoms with Crippen LogP contribution in [0.2, 0.25) is 5.02 Å². The van der Waals surface area contributed by atoms with Gasteiger partial charge in [-0.3, -0.25) is 9.59 Å². The summed E-state index contributed by atoms with van der Waals surface area (Å²) in [5.41, 5.74) is 1.56. The molecular formula is C25H27ClN4O3. The van der Waals surface area contributed by atoms with E-state index in [0.29, 0.717) is 51.9 Å². The van der Waals surface area contributed by atoms with Crippen molar-refractivity contribution in [1.82, 2.24) is 15.0 Å². The second-order valence-corrected chi connectivity index (χ2v) is 9.40. The number of rotatable bonds is 7. The predicted octanol–water partition coefficient (Wildman–Crippen LogP) is 4.95. The predicted molar refractivity (Wildman–Crippen MR) is 127 cm³/mol. The van der Waals surface area contributed by atoms with Crippen molar-refractivity contribution in [2.75, 3.05) is 11.9 Å². The lowest BCUT2D eigenvalue weighted by Gasteiger charge is -2.29. The van der Waals surface area contributed by atoms with Crippen molar-refractivity contribution in [3.8, 4) is 0 Å². The number of H-pyrrole nitrogens is 1. The van der Waals surface area contributed by atoms with E-state index in [2.05, 4.69) is 20.3 Å². The Labute approximate surface area is 197 Å². The number of aromatic amines is 1. The van der Waals surface area contributed by atoms with Crippen molar-refractivity contribution >= 4 is 40.0 Å². The van der Waals surface area contributed by atoms with Crippen molar-refractivity contribution < 1.29 is 14.3 Å². The van der Waals surface area contributed by atoms with Crippen molar-refractivity contribution in [3.05, 3.63) is 52.9 Å². The first-order chi connectivity index (χ1) is 16.1. The van der Waals surface area contributed by atoms with Gasteiger partial charge in [0.05, 0.1) is 16.0 Å². The smallest absolute Gasteiger partial charge is 0.196 e. The Morgan fingerprint density at radius 2 is 1.91 bits per heavy atom. The largest absolute Gasteiger partial charge is 0.370 e. The van der Waals surface area contributed by atoms with E-state index in [1.807, 2.05) is 0 Å². The number of Topliss-reactive ketones (excluding diaryl/α,β-unsaturated/α-hetero) is 1. The van der Waals surface area contributed by atoms with Gasteiger partial charge in [0.2, 0.25) is 0 Å². The van der Waals surface area contributed by atoms with Crippen LogP contribution in [0.1, 0.15) is 60.9 Å². The summed E-state index contributed by atoms with van der Waals surface area (Å²) in [4.78, 5) is 37.5. The Morgan fingerprint density at radius 3 is 2.67 bits per heavy atom. The summed E-state index contributed by atoms with van der Waals surface area (Å²) in [5, 5.41) is 4.63. The van der Waals surface area contributed by atoms with Gasteiger partial charge in [-0.1, -0.05) is 23.7 Å². The van der Waals surface area contributed by atoms with Crippen molar-refractivity contribution in [1.29, 1.82) is 0 Å². The lowest BCUT2D eigenvalue weighted by Crippen LogP contribution is -2.29. The summed E-state index contributed by atoms with van der Waals surface area (Å²) in [6, 6.07) is 7.26. The molecule has 0 unspecified atom stereocenters. The van der Waals surface area contributed by atoms with E-state index in [4.69, 9.17) is 16.3 Å². The van der Waals surface area contributed by atoms with E-state index in [1.165, 1.54) is 6.33 Å². The third-order valence-corrected chi connectivity index (χ3v) is 7.13. The van der Waals surface area contributed by atoms with Crippen LogP contribution in [0.5, 0.6) is 0 Å². The molecule has 0 radical (unpaired) electrons. The fraction of sp³-hybridized carbons (Fsp3) is 0.440. The summed E-state index contributed by atoms with van der Waals surface area (Å²) >= 11 is 6.26. The first-order valence-electron chi connectivity index (χ1n) is 11.6. The molecule has 8 heteroatoms. The lowest BCUT2D eigenvalue weighted by molar-refractivity contribution is -0.129. The highest BCUT2D eigenvalue weighted by molar-refractivity contribution is 6.35. The number of anilines is 1. The average molecular weight is 467 g/mol. The molecular weight excluding hydrogens is 440 g/mol. The molecule has 2 N–H and O–H groups in total. The number of ketones is 2. The molecule has 2 aliphatic rings. The van der Waals surface area contributed by atoms with Crippen molar-refractivity contribution in [3.63, 3.8) is 0 Å². The molecule has 1 aliphatic carbocycles. The van der Waals surface area contributed by atoms with Gasteiger partial charge in [-0.25, -0.2) is 9.97 Å². The Morgan fingerprint density at radius 1 is 1.09 bits per heavy atom. The molecule has 3 heterocycles. The Hall–Kier alpha value is -2.77. The van der Waals surface area contributed by atoms with Gasteiger partial charge < -0.3 is 15.0 Å². The molecule has 3 aromatic rings. The Balaban J connectivity index is 1.28. The number of halogens is 1. The monoisotopic (exact) mass is 466 g/mol. The fourth-order valence-corrected chi connectivity index (χ4v) is 5.22. The zero-order valence-corrected chi connectivity index (χ0v) is 19.1. The average Bonchev–Trinajstić information content (AvgIpc) is 3.51. The van der Waals surface area contributed by atoms with Gasteiger partial charge in [-0.05, 0) is 56.6 Å². The van der Waals surface area contributed by atoms with E-state index in [-0.39, 0.29) is 23.7 Å². The molecule has 1 saturated carbocycles. The summed E-state index contributed by atoms with van der Waals surface area (Å²) in [5.74, 6) is 1.16. The number of ether oxygens (including phenoxy) is 1. The van der Waals surface area contributed by atoms with Gasteiger partial charge in [-0.15, -0.1) is 0 Å². The molecule has 2 aromatic heterocycles. The maximum absolute atomic E-state index is 13.2. The number of hydrogen-bond donors (Lipinski definition) is 2. The summed E-state index contributed by atoms with van der Waals surface area (Å²) < 4.78 is 5.54. The molecule has 1 atom stereocenters. The Kier molecular flexibility index (Phi) is 6.42. The molecule has 1 aromatic carbocycles. The standard InChI is InChI=1S/C25H27ClN4O3/c26-19-5-2-1-4-17(19)23(32)18-13-27-24-22(18)25(29-14-28-24)30-16-9-7-15(8-10-16)12-20(31)21-6-3-11-33-21/h1-2,4-5,13-16,21H,3,6-12H2,(H2,27,28,29,30)/t15?,16?,21-/m1/s1. The van der Waals surface area contributed by atoms with Crippen LogP contribution in [0, 0.1) is 5.92 Å². The van der Waals surface area contributed by atoms with Crippen LogP contribution in [0.4, 0.5) is 5.82 Å². The zero-order chi connectivity index (χ0) is 22.8. The van der Waals surface area contributed by atoms with Gasteiger partial charge in [0.15, 0.2) is 11.6 Å². The lowest BCUT2D eigenvalue weighted by atomic mass is 9.82. The number of benzene rings is 1. The van der Waals surface area contributed by atoms with Crippen molar-refractivity contribution in [2.45, 2.75) is 57.1 Å². The van der Waals surface area contributed by atoms with Gasteiger partial charge in [0.1, 0.15) is 23.9 Å². The number of aromatic nitrogens is 3. The summed E-state index contributed by atoms with van der Waals surface area (Å²) in [6.45, 7) is 0.709. The van der Waals surface area contributed by atoms with Crippen LogP contribution in [-0.4, -0.2) is 45.3 Å². The maximum Gasteiger partial charge on any atom is 0.196 e. The van der Waals surface area contributed by atoms with E-state index < -0.39 is 0 Å². The minimum Gasteiger partial charge on any atom is -0.370 e. The summed E-state index contributed by atoms with van der Waals surface area (Å²) in [6.07, 6.45) is 9.33. The first-order valence-corrected chi connectivity index (χ1v) is 12.0. The van der Waals surface area contributed by atoms with Crippen molar-refractivity contribution in [2.24, 2.45) is 5.92 Å². The van der Waals surface area contributed by atoms with E-state index in [9.17, 15) is 9.59 Å². The third kappa shape index (κ3) is 4.66. The van der Waals surface area contributed by atoms with Crippen LogP contribution in [-0.2, 0) is 9.53 Å². The normalized spacial score (nSPS) is 23.0. The van der Waals surface area contributed by atoms with E-state index in [1.54, 1.807) is 30.5 Å². The topological polar surface area (TPSA) is 97.0 Å². The van der Waals surface area contributed by atoms with Crippen LogP contribution in [0.3, 0.4) is 0 Å². The van der Waals surface area contributed by atoms with E-state index >= 15 is 0 Å². The van der Waals surface area contributed by atoms with Gasteiger partial charge in [-0.2, -0.15) is 0 Å². The number of nitrogens with one attached hydrogen (secondary N) is 2. The molecule has 172 valence electrons. The van der Waals surface area contributed by atoms with Crippen LogP contribution >= 0.6 is 11.6 Å².